The van der Waals surface area contributed by atoms with Crippen molar-refractivity contribution in [2.24, 2.45) is 0 Å². The second-order valence-electron chi connectivity index (χ2n) is 4.85. The summed E-state index contributed by atoms with van der Waals surface area (Å²) < 4.78 is 5.30. The van der Waals surface area contributed by atoms with E-state index in [0.717, 1.165) is 0 Å². The van der Waals surface area contributed by atoms with Crippen LogP contribution in [0.5, 0.6) is 5.75 Å². The molecule has 0 fully saturated rings. The Bertz CT molecular complexity index is 413. The molecule has 1 amide bonds. The summed E-state index contributed by atoms with van der Waals surface area (Å²) >= 11 is 5.01. The molecule has 4 nitrogen and oxygen atoms in total. The Kier molecular flexibility index (Phi) is 5.09. The molecule has 0 aliphatic rings. The van der Waals surface area contributed by atoms with E-state index < -0.39 is 0 Å². The van der Waals surface area contributed by atoms with Gasteiger partial charge in [-0.15, -0.1) is 0 Å². The normalized spacial score (nSPS) is 10.6. The number of hydrogen-bond acceptors (Lipinski definition) is 3. The molecule has 0 aromatic heterocycles. The third-order valence-electron chi connectivity index (χ3n) is 1.85. The summed E-state index contributed by atoms with van der Waals surface area (Å²) in [4.78, 5) is 11.5. The first-order valence-corrected chi connectivity index (χ1v) is 6.07. The Labute approximate surface area is 113 Å². The molecule has 2 N–H and O–H groups in total. The highest BCUT2D eigenvalue weighted by molar-refractivity contribution is 7.80. The van der Waals surface area contributed by atoms with Gasteiger partial charge < -0.3 is 15.4 Å². The Balaban J connectivity index is 2.32. The zero-order valence-electron chi connectivity index (χ0n) is 10.8. The van der Waals surface area contributed by atoms with Gasteiger partial charge in [-0.3, -0.25) is 4.79 Å². The van der Waals surface area contributed by atoms with Crippen LogP contribution in [-0.2, 0) is 4.79 Å². The van der Waals surface area contributed by atoms with E-state index in [1.807, 2.05) is 39.0 Å². The lowest BCUT2D eigenvalue weighted by Gasteiger charge is -2.22. The first kappa shape index (κ1) is 14.4. The van der Waals surface area contributed by atoms with Gasteiger partial charge in [-0.1, -0.05) is 18.2 Å². The van der Waals surface area contributed by atoms with E-state index in [4.69, 9.17) is 17.0 Å². The molecule has 0 spiro atoms. The van der Waals surface area contributed by atoms with E-state index in [2.05, 4.69) is 10.6 Å². The second kappa shape index (κ2) is 6.35. The molecule has 5 heteroatoms. The fraction of sp³-hybridized carbons (Fsp3) is 0.385. The van der Waals surface area contributed by atoms with Crippen LogP contribution in [0.25, 0.3) is 0 Å². The number of carbonyl (C=O) groups is 1. The van der Waals surface area contributed by atoms with Gasteiger partial charge in [0.15, 0.2) is 11.7 Å². The molecule has 1 aromatic carbocycles. The average Bonchev–Trinajstić information content (AvgIpc) is 2.25. The summed E-state index contributed by atoms with van der Waals surface area (Å²) in [6.45, 7) is 5.83. The molecule has 0 saturated carbocycles. The molecule has 0 unspecified atom stereocenters. The zero-order chi connectivity index (χ0) is 13.6. The second-order valence-corrected chi connectivity index (χ2v) is 5.26. The minimum Gasteiger partial charge on any atom is -0.484 e. The van der Waals surface area contributed by atoms with Crippen molar-refractivity contribution in [1.82, 2.24) is 10.6 Å². The molecular formula is C13H18N2O2S. The van der Waals surface area contributed by atoms with Crippen LogP contribution in [0.4, 0.5) is 0 Å². The summed E-state index contributed by atoms with van der Waals surface area (Å²) in [5.41, 5.74) is -0.176. The maximum Gasteiger partial charge on any atom is 0.264 e. The zero-order valence-corrected chi connectivity index (χ0v) is 11.6. The Morgan fingerprint density at radius 3 is 2.44 bits per heavy atom. The standard InChI is InChI=1S/C13H18N2O2S/c1-13(2,3)15-12(18)14-11(16)9-17-10-7-5-4-6-8-10/h4-8H,9H2,1-3H3,(H2,14,15,16,18). The van der Waals surface area contributed by atoms with Crippen LogP contribution < -0.4 is 15.4 Å². The van der Waals surface area contributed by atoms with Crippen LogP contribution in [0.3, 0.4) is 0 Å². The highest BCUT2D eigenvalue weighted by Gasteiger charge is 2.13. The number of benzene rings is 1. The molecule has 0 aliphatic heterocycles. The minimum atomic E-state index is -0.277. The number of thiocarbonyl (C=S) groups is 1. The molecule has 1 rings (SSSR count). The van der Waals surface area contributed by atoms with E-state index in [9.17, 15) is 4.79 Å². The molecule has 1 aromatic rings. The molecule has 0 atom stereocenters. The van der Waals surface area contributed by atoms with Crippen LogP contribution >= 0.6 is 12.2 Å². The van der Waals surface area contributed by atoms with Crippen LogP contribution in [0.15, 0.2) is 30.3 Å². The summed E-state index contributed by atoms with van der Waals surface area (Å²) in [6, 6.07) is 9.16. The van der Waals surface area contributed by atoms with Crippen molar-refractivity contribution < 1.29 is 9.53 Å². The Morgan fingerprint density at radius 2 is 1.89 bits per heavy atom. The predicted molar refractivity (Wildman–Crippen MR) is 75.6 cm³/mol. The number of ether oxygens (including phenoxy) is 1. The fourth-order valence-electron chi connectivity index (χ4n) is 1.20. The minimum absolute atomic E-state index is 0.0595. The number of carbonyl (C=O) groups excluding carboxylic acids is 1. The lowest BCUT2D eigenvalue weighted by atomic mass is 10.1. The van der Waals surface area contributed by atoms with Gasteiger partial charge in [0.2, 0.25) is 0 Å². The number of hydrogen-bond donors (Lipinski definition) is 2. The van der Waals surface area contributed by atoms with Crippen LogP contribution in [0.2, 0.25) is 0 Å². The Morgan fingerprint density at radius 1 is 1.28 bits per heavy atom. The maximum absolute atomic E-state index is 11.5. The summed E-state index contributed by atoms with van der Waals surface area (Å²) in [5, 5.41) is 5.86. The van der Waals surface area contributed by atoms with Crippen LogP contribution in [-0.4, -0.2) is 23.2 Å². The van der Waals surface area contributed by atoms with Crippen LogP contribution in [0, 0.1) is 0 Å². The fourth-order valence-corrected chi connectivity index (χ4v) is 1.62. The number of para-hydroxylation sites is 1. The molecule has 0 bridgehead atoms. The smallest absolute Gasteiger partial charge is 0.264 e. The SMILES string of the molecule is CC(C)(C)NC(=S)NC(=O)COc1ccccc1. The molecule has 0 heterocycles. The first-order valence-electron chi connectivity index (χ1n) is 5.67. The topological polar surface area (TPSA) is 50.4 Å². The quantitative estimate of drug-likeness (QED) is 0.820. The van der Waals surface area contributed by atoms with Crippen molar-refractivity contribution in [1.29, 1.82) is 0 Å². The van der Waals surface area contributed by atoms with E-state index in [1.54, 1.807) is 12.1 Å². The summed E-state index contributed by atoms with van der Waals surface area (Å²) in [7, 11) is 0. The van der Waals surface area contributed by atoms with E-state index in [-0.39, 0.29) is 18.1 Å². The Hall–Kier alpha value is -1.62. The number of nitrogens with one attached hydrogen (secondary N) is 2. The predicted octanol–water partition coefficient (Wildman–Crippen LogP) is 1.85. The first-order chi connectivity index (χ1) is 8.37. The molecule has 0 aliphatic carbocycles. The van der Waals surface area contributed by atoms with Crippen molar-refractivity contribution in [3.63, 3.8) is 0 Å². The van der Waals surface area contributed by atoms with Gasteiger partial charge in [-0.25, -0.2) is 0 Å². The lowest BCUT2D eigenvalue weighted by molar-refractivity contribution is -0.121. The van der Waals surface area contributed by atoms with Gasteiger partial charge in [0.25, 0.3) is 5.91 Å². The van der Waals surface area contributed by atoms with Crippen molar-refractivity contribution in [3.05, 3.63) is 30.3 Å². The third-order valence-corrected chi connectivity index (χ3v) is 2.06. The van der Waals surface area contributed by atoms with E-state index >= 15 is 0 Å². The van der Waals surface area contributed by atoms with Crippen molar-refractivity contribution in [3.8, 4) is 5.75 Å². The number of rotatable bonds is 3. The van der Waals surface area contributed by atoms with E-state index in [1.165, 1.54) is 0 Å². The highest BCUT2D eigenvalue weighted by Crippen LogP contribution is 2.07. The molecule has 18 heavy (non-hydrogen) atoms. The monoisotopic (exact) mass is 266 g/mol. The largest absolute Gasteiger partial charge is 0.484 e. The van der Waals surface area contributed by atoms with Crippen LogP contribution in [0.1, 0.15) is 20.8 Å². The van der Waals surface area contributed by atoms with Crippen molar-refractivity contribution in [2.75, 3.05) is 6.61 Å². The number of amides is 1. The van der Waals surface area contributed by atoms with Gasteiger partial charge in [0.1, 0.15) is 5.75 Å². The molecule has 0 saturated heterocycles. The maximum atomic E-state index is 11.5. The summed E-state index contributed by atoms with van der Waals surface area (Å²) in [5.74, 6) is 0.378. The molecule has 98 valence electrons. The average molecular weight is 266 g/mol. The van der Waals surface area contributed by atoms with Crippen molar-refractivity contribution in [2.45, 2.75) is 26.3 Å². The van der Waals surface area contributed by atoms with Gasteiger partial charge >= 0.3 is 0 Å². The van der Waals surface area contributed by atoms with Gasteiger partial charge in [0, 0.05) is 5.54 Å². The summed E-state index contributed by atoms with van der Waals surface area (Å²) in [6.07, 6.45) is 0. The third kappa shape index (κ3) is 6.20. The van der Waals surface area contributed by atoms with Gasteiger partial charge in [-0.2, -0.15) is 0 Å². The van der Waals surface area contributed by atoms with Crippen molar-refractivity contribution >= 4 is 23.2 Å². The molecular weight excluding hydrogens is 248 g/mol. The van der Waals surface area contributed by atoms with Gasteiger partial charge in [-0.05, 0) is 45.1 Å². The van der Waals surface area contributed by atoms with Gasteiger partial charge in [0.05, 0.1) is 0 Å². The lowest BCUT2D eigenvalue weighted by Crippen LogP contribution is -2.49. The van der Waals surface area contributed by atoms with E-state index in [0.29, 0.717) is 10.9 Å². The highest BCUT2D eigenvalue weighted by atomic mass is 32.1. The molecule has 0 radical (unpaired) electrons.